The molecule has 18 heavy (non-hydrogen) atoms. The molecule has 1 heterocycles. The predicted octanol–water partition coefficient (Wildman–Crippen LogP) is 4.05. The summed E-state index contributed by atoms with van der Waals surface area (Å²) in [4.78, 5) is 0.717. The van der Waals surface area contributed by atoms with Gasteiger partial charge in [-0.05, 0) is 35.6 Å². The molecule has 0 aliphatic carbocycles. The molecular formula is C12H12Cl2N2OS. The Labute approximate surface area is 120 Å². The molecule has 0 fully saturated rings. The van der Waals surface area contributed by atoms with Crippen molar-refractivity contribution in [1.29, 1.82) is 0 Å². The van der Waals surface area contributed by atoms with E-state index < -0.39 is 6.10 Å². The molecule has 6 heteroatoms. The van der Waals surface area contributed by atoms with Crippen molar-refractivity contribution < 1.29 is 5.11 Å². The summed E-state index contributed by atoms with van der Waals surface area (Å²) in [5.41, 5.74) is 1.38. The van der Waals surface area contributed by atoms with E-state index in [1.807, 2.05) is 13.8 Å². The van der Waals surface area contributed by atoms with E-state index in [1.54, 1.807) is 18.2 Å². The maximum Gasteiger partial charge on any atom is 0.118 e. The van der Waals surface area contributed by atoms with E-state index in [9.17, 15) is 5.11 Å². The maximum absolute atomic E-state index is 10.4. The molecule has 0 saturated heterocycles. The molecule has 1 N–H and O–H groups in total. The summed E-state index contributed by atoms with van der Waals surface area (Å²) in [5, 5.41) is 15.5. The van der Waals surface area contributed by atoms with Crippen molar-refractivity contribution in [2.24, 2.45) is 0 Å². The minimum absolute atomic E-state index is 0.200. The smallest absolute Gasteiger partial charge is 0.118 e. The lowest BCUT2D eigenvalue weighted by atomic mass is 10.0. The number of aliphatic hydroxyl groups is 1. The van der Waals surface area contributed by atoms with Gasteiger partial charge in [0.25, 0.3) is 0 Å². The van der Waals surface area contributed by atoms with E-state index in [4.69, 9.17) is 23.2 Å². The van der Waals surface area contributed by atoms with E-state index in [0.29, 0.717) is 20.5 Å². The molecule has 0 aliphatic heterocycles. The monoisotopic (exact) mass is 302 g/mol. The van der Waals surface area contributed by atoms with Crippen LogP contribution in [0.4, 0.5) is 0 Å². The van der Waals surface area contributed by atoms with Gasteiger partial charge in [-0.2, -0.15) is 0 Å². The third-order valence-corrected chi connectivity index (χ3v) is 3.96. The fourth-order valence-corrected chi connectivity index (χ4v) is 2.87. The van der Waals surface area contributed by atoms with Gasteiger partial charge in [-0.25, -0.2) is 0 Å². The highest BCUT2D eigenvalue weighted by Gasteiger charge is 2.22. The van der Waals surface area contributed by atoms with Crippen molar-refractivity contribution >= 4 is 34.7 Å². The van der Waals surface area contributed by atoms with Crippen molar-refractivity contribution in [2.75, 3.05) is 0 Å². The highest BCUT2D eigenvalue weighted by molar-refractivity contribution is 7.05. The molecule has 1 aromatic heterocycles. The van der Waals surface area contributed by atoms with Gasteiger partial charge in [0, 0.05) is 15.6 Å². The lowest BCUT2D eigenvalue weighted by Gasteiger charge is -2.13. The van der Waals surface area contributed by atoms with Gasteiger partial charge in [0.1, 0.15) is 6.10 Å². The van der Waals surface area contributed by atoms with E-state index >= 15 is 0 Å². The summed E-state index contributed by atoms with van der Waals surface area (Å²) in [6.45, 7) is 4.01. The van der Waals surface area contributed by atoms with Gasteiger partial charge in [0.05, 0.1) is 10.6 Å². The second-order valence-electron chi connectivity index (χ2n) is 4.25. The highest BCUT2D eigenvalue weighted by Crippen LogP contribution is 2.35. The Balaban J connectivity index is 2.44. The SMILES string of the molecule is CC(C)c1nnsc1C(O)c1cc(Cl)ccc1Cl. The van der Waals surface area contributed by atoms with Crippen LogP contribution < -0.4 is 0 Å². The Morgan fingerprint density at radius 1 is 1.28 bits per heavy atom. The van der Waals surface area contributed by atoms with Gasteiger partial charge in [-0.1, -0.05) is 41.5 Å². The second kappa shape index (κ2) is 5.53. The van der Waals surface area contributed by atoms with E-state index in [0.717, 1.165) is 5.69 Å². The fourth-order valence-electron chi connectivity index (χ4n) is 1.66. The van der Waals surface area contributed by atoms with Crippen LogP contribution in [0.1, 0.15) is 42.0 Å². The Morgan fingerprint density at radius 3 is 2.67 bits per heavy atom. The van der Waals surface area contributed by atoms with Crippen molar-refractivity contribution in [3.05, 3.63) is 44.4 Å². The van der Waals surface area contributed by atoms with Gasteiger partial charge >= 0.3 is 0 Å². The Hall–Kier alpha value is -0.680. The van der Waals surface area contributed by atoms with E-state index in [2.05, 4.69) is 9.59 Å². The number of benzene rings is 1. The molecule has 0 bridgehead atoms. The molecule has 3 nitrogen and oxygen atoms in total. The predicted molar refractivity (Wildman–Crippen MR) is 74.5 cm³/mol. The Bertz CT molecular complexity index is 557. The number of rotatable bonds is 3. The van der Waals surface area contributed by atoms with Crippen LogP contribution in [0.2, 0.25) is 10.0 Å². The average molecular weight is 303 g/mol. The molecule has 96 valence electrons. The molecule has 0 aliphatic rings. The third-order valence-electron chi connectivity index (χ3n) is 2.59. The maximum atomic E-state index is 10.4. The molecule has 0 radical (unpaired) electrons. The summed E-state index contributed by atoms with van der Waals surface area (Å²) < 4.78 is 3.90. The van der Waals surface area contributed by atoms with Gasteiger partial charge < -0.3 is 5.11 Å². The average Bonchev–Trinajstić information content (AvgIpc) is 2.80. The topological polar surface area (TPSA) is 46.0 Å². The Kier molecular flexibility index (Phi) is 4.22. The molecule has 2 aromatic rings. The van der Waals surface area contributed by atoms with Crippen LogP contribution in [0.25, 0.3) is 0 Å². The molecule has 0 amide bonds. The summed E-state index contributed by atoms with van der Waals surface area (Å²) in [7, 11) is 0. The Morgan fingerprint density at radius 2 is 2.00 bits per heavy atom. The zero-order chi connectivity index (χ0) is 13.3. The summed E-state index contributed by atoms with van der Waals surface area (Å²) in [6.07, 6.45) is -0.839. The van der Waals surface area contributed by atoms with Gasteiger partial charge in [-0.3, -0.25) is 0 Å². The summed E-state index contributed by atoms with van der Waals surface area (Å²) >= 11 is 13.2. The molecule has 1 atom stereocenters. The lowest BCUT2D eigenvalue weighted by Crippen LogP contribution is -2.03. The van der Waals surface area contributed by atoms with Crippen LogP contribution in [0.3, 0.4) is 0 Å². The first-order chi connectivity index (χ1) is 8.50. The summed E-state index contributed by atoms with van der Waals surface area (Å²) in [6, 6.07) is 5.03. The first-order valence-corrected chi connectivity index (χ1v) is 6.98. The highest BCUT2D eigenvalue weighted by atomic mass is 35.5. The largest absolute Gasteiger partial charge is 0.383 e. The standard InChI is InChI=1S/C12H12Cl2N2OS/c1-6(2)10-12(18-16-15-10)11(17)8-5-7(13)3-4-9(8)14/h3-6,11,17H,1-2H3. The van der Waals surface area contributed by atoms with Gasteiger partial charge in [0.2, 0.25) is 0 Å². The minimum Gasteiger partial charge on any atom is -0.383 e. The first kappa shape index (κ1) is 13.7. The van der Waals surface area contributed by atoms with Crippen LogP contribution in [0.5, 0.6) is 0 Å². The van der Waals surface area contributed by atoms with Crippen LogP contribution >= 0.6 is 34.7 Å². The number of aromatic nitrogens is 2. The van der Waals surface area contributed by atoms with Gasteiger partial charge in [0.15, 0.2) is 0 Å². The third kappa shape index (κ3) is 2.67. The van der Waals surface area contributed by atoms with Crippen LogP contribution in [0.15, 0.2) is 18.2 Å². The zero-order valence-corrected chi connectivity index (χ0v) is 12.2. The van der Waals surface area contributed by atoms with Crippen LogP contribution in [0, 0.1) is 0 Å². The van der Waals surface area contributed by atoms with Crippen molar-refractivity contribution in [2.45, 2.75) is 25.9 Å². The van der Waals surface area contributed by atoms with Crippen molar-refractivity contribution in [1.82, 2.24) is 9.59 Å². The summed E-state index contributed by atoms with van der Waals surface area (Å²) in [5.74, 6) is 0.200. The first-order valence-electron chi connectivity index (χ1n) is 5.46. The molecule has 0 saturated carbocycles. The number of halogens is 2. The lowest BCUT2D eigenvalue weighted by molar-refractivity contribution is 0.222. The van der Waals surface area contributed by atoms with Crippen LogP contribution in [-0.4, -0.2) is 14.7 Å². The number of hydrogen-bond donors (Lipinski definition) is 1. The van der Waals surface area contributed by atoms with Crippen LogP contribution in [-0.2, 0) is 0 Å². The number of nitrogens with zero attached hydrogens (tertiary/aromatic N) is 2. The molecule has 0 spiro atoms. The zero-order valence-electron chi connectivity index (χ0n) is 9.89. The quantitative estimate of drug-likeness (QED) is 0.930. The molecule has 2 rings (SSSR count). The van der Waals surface area contributed by atoms with Crippen molar-refractivity contribution in [3.63, 3.8) is 0 Å². The number of hydrogen-bond acceptors (Lipinski definition) is 4. The van der Waals surface area contributed by atoms with Crippen molar-refractivity contribution in [3.8, 4) is 0 Å². The second-order valence-corrected chi connectivity index (χ2v) is 5.87. The fraction of sp³-hybridized carbons (Fsp3) is 0.333. The normalized spacial score (nSPS) is 13.0. The van der Waals surface area contributed by atoms with Gasteiger partial charge in [-0.15, -0.1) is 5.10 Å². The molecule has 1 aromatic carbocycles. The van der Waals surface area contributed by atoms with E-state index in [-0.39, 0.29) is 5.92 Å². The minimum atomic E-state index is -0.839. The molecular weight excluding hydrogens is 291 g/mol. The molecule has 1 unspecified atom stereocenters. The van der Waals surface area contributed by atoms with E-state index in [1.165, 1.54) is 11.5 Å². The number of aliphatic hydroxyl groups excluding tert-OH is 1.